The summed E-state index contributed by atoms with van der Waals surface area (Å²) in [5.74, 6) is -1.76. The van der Waals surface area contributed by atoms with E-state index in [4.69, 9.17) is 9.97 Å². The van der Waals surface area contributed by atoms with Crippen molar-refractivity contribution in [2.45, 2.75) is 141 Å². The summed E-state index contributed by atoms with van der Waals surface area (Å²) in [5, 5.41) is 5.60. The first kappa shape index (κ1) is 56.2. The van der Waals surface area contributed by atoms with Crippen molar-refractivity contribution in [3.8, 4) is 11.3 Å². The number of amides is 7. The molecule has 450 valence electrons. The summed E-state index contributed by atoms with van der Waals surface area (Å²) in [6, 6.07) is 16.6. The number of carbonyl (C=O) groups is 7. The van der Waals surface area contributed by atoms with Crippen LogP contribution in [-0.4, -0.2) is 171 Å². The van der Waals surface area contributed by atoms with Crippen molar-refractivity contribution in [2.75, 3.05) is 87.1 Å². The van der Waals surface area contributed by atoms with Gasteiger partial charge in [0, 0.05) is 99.8 Å². The Balaban J connectivity index is 0.603. The Bertz CT molecular complexity index is 3630. The highest BCUT2D eigenvalue weighted by Gasteiger charge is 2.56. The molecule has 9 aliphatic rings. The fraction of sp³-hybridized carbons (Fsp3) is 0.530. The number of nitrogens with one attached hydrogen (secondary N) is 2. The maximum Gasteiger partial charge on any atom is 0.262 e. The first-order valence-corrected chi connectivity index (χ1v) is 31.5. The first-order valence-electron chi connectivity index (χ1n) is 31.5. The lowest BCUT2D eigenvalue weighted by Gasteiger charge is -2.54. The van der Waals surface area contributed by atoms with Gasteiger partial charge in [0.25, 0.3) is 11.8 Å². The number of halogens is 1. The zero-order valence-corrected chi connectivity index (χ0v) is 49.8. The second-order valence-electron chi connectivity index (χ2n) is 26.7. The van der Waals surface area contributed by atoms with Crippen LogP contribution in [0, 0.1) is 31.0 Å². The first-order chi connectivity index (χ1) is 41.4. The largest absolute Gasteiger partial charge is 0.371 e. The van der Waals surface area contributed by atoms with Gasteiger partial charge in [0.05, 0.1) is 46.3 Å². The third-order valence-electron chi connectivity index (χ3n) is 21.2. The van der Waals surface area contributed by atoms with Gasteiger partial charge in [-0.15, -0.1) is 0 Å². The monoisotopic (exact) mass is 1170 g/mol. The lowest BCUT2D eigenvalue weighted by atomic mass is 9.72. The lowest BCUT2D eigenvalue weighted by Crippen LogP contribution is -2.62. The van der Waals surface area contributed by atoms with Crippen LogP contribution in [0.4, 0.5) is 27.3 Å². The summed E-state index contributed by atoms with van der Waals surface area (Å²) in [6.45, 7) is 15.8. The minimum absolute atomic E-state index is 0.0652. The van der Waals surface area contributed by atoms with E-state index >= 15 is 9.18 Å². The van der Waals surface area contributed by atoms with E-state index in [1.54, 1.807) is 18.2 Å². The van der Waals surface area contributed by atoms with Crippen molar-refractivity contribution < 1.29 is 38.0 Å². The van der Waals surface area contributed by atoms with E-state index in [1.807, 2.05) is 48.2 Å². The predicted molar refractivity (Wildman–Crippen MR) is 322 cm³/mol. The molecule has 1 atom stereocenters. The molecule has 5 aromatic rings. The van der Waals surface area contributed by atoms with Crippen LogP contribution in [0.2, 0.25) is 0 Å². The van der Waals surface area contributed by atoms with Gasteiger partial charge in [0.2, 0.25) is 29.5 Å². The quantitative estimate of drug-likeness (QED) is 0.123. The van der Waals surface area contributed by atoms with Crippen LogP contribution in [0.15, 0.2) is 60.9 Å². The highest BCUT2D eigenvalue weighted by Crippen LogP contribution is 2.53. The molecule has 1 unspecified atom stereocenters. The molecule has 2 aromatic heterocycles. The number of imide groups is 2. The average molecular weight is 1170 g/mol. The molecule has 1 saturated carbocycles. The summed E-state index contributed by atoms with van der Waals surface area (Å²) < 4.78 is 17.6. The molecular formula is C66H77FN12O7. The number of pyridine rings is 1. The molecule has 20 heteroatoms. The summed E-state index contributed by atoms with van der Waals surface area (Å²) in [7, 11) is 0. The van der Waals surface area contributed by atoms with E-state index in [1.165, 1.54) is 19.3 Å². The van der Waals surface area contributed by atoms with Crippen LogP contribution in [0.1, 0.15) is 141 Å². The lowest BCUT2D eigenvalue weighted by molar-refractivity contribution is -0.144. The number of hydrogen-bond acceptors (Lipinski definition) is 13. The topological polar surface area (TPSA) is 197 Å². The van der Waals surface area contributed by atoms with Gasteiger partial charge in [-0.25, -0.2) is 14.4 Å². The minimum atomic E-state index is -1.01. The van der Waals surface area contributed by atoms with Gasteiger partial charge in [-0.1, -0.05) is 18.6 Å². The minimum Gasteiger partial charge on any atom is -0.371 e. The second-order valence-corrected chi connectivity index (χ2v) is 26.7. The van der Waals surface area contributed by atoms with Crippen molar-refractivity contribution in [3.05, 3.63) is 94.6 Å². The van der Waals surface area contributed by atoms with Gasteiger partial charge in [0.1, 0.15) is 17.4 Å². The molecule has 0 bridgehead atoms. The molecular weight excluding hydrogens is 1090 g/mol. The van der Waals surface area contributed by atoms with E-state index in [0.717, 1.165) is 115 Å². The molecule has 10 heterocycles. The maximum absolute atomic E-state index is 15.6. The van der Waals surface area contributed by atoms with Crippen molar-refractivity contribution in [1.82, 2.24) is 44.4 Å². The normalized spacial score (nSPS) is 24.2. The van der Waals surface area contributed by atoms with Crippen LogP contribution in [0.25, 0.3) is 22.3 Å². The number of likely N-dealkylation sites (tertiary alicyclic amines) is 4. The van der Waals surface area contributed by atoms with Crippen LogP contribution < -0.4 is 20.4 Å². The Hall–Kier alpha value is -7.58. The Morgan fingerprint density at radius 1 is 0.756 bits per heavy atom. The van der Waals surface area contributed by atoms with Gasteiger partial charge in [-0.3, -0.25) is 48.7 Å². The average Bonchev–Trinajstić information content (AvgIpc) is 1.58. The number of piperidine rings is 5. The fourth-order valence-corrected chi connectivity index (χ4v) is 15.9. The molecule has 8 aliphatic heterocycles. The summed E-state index contributed by atoms with van der Waals surface area (Å²) in [4.78, 5) is 119. The number of anilines is 4. The zero-order valence-electron chi connectivity index (χ0n) is 49.8. The number of aryl methyl sites for hydroxylation is 2. The SMILES string of the molecule is Cc1cc(F)c(Nc2nc(-c3ccc4c(c3)N(C3CC(N5CCCCC5)C3)C(=O)C43CCN(C(=O)C4CCN(C(=O)CN5CC6(CCN(c7ccc8c(c7)C(=O)N(C7CCC(=O)NC7=O)C8=O)CC6)C5)CC4)CC3)cc3ncn(C(C)C)c23)cc1C. The van der Waals surface area contributed by atoms with Crippen molar-refractivity contribution >= 4 is 75.3 Å². The molecule has 6 saturated heterocycles. The van der Waals surface area contributed by atoms with Gasteiger partial charge < -0.3 is 34.4 Å². The second kappa shape index (κ2) is 21.7. The van der Waals surface area contributed by atoms with Crippen molar-refractivity contribution in [1.29, 1.82) is 0 Å². The number of rotatable bonds is 11. The van der Waals surface area contributed by atoms with Crippen LogP contribution in [-0.2, 0) is 29.4 Å². The van der Waals surface area contributed by atoms with E-state index in [0.29, 0.717) is 81.6 Å². The number of carbonyl (C=O) groups excluding carboxylic acids is 7. The molecule has 14 rings (SSSR count). The highest BCUT2D eigenvalue weighted by atomic mass is 19.1. The summed E-state index contributed by atoms with van der Waals surface area (Å²) >= 11 is 0. The number of imidazole rings is 1. The van der Waals surface area contributed by atoms with Crippen LogP contribution in [0.5, 0.6) is 0 Å². The Morgan fingerprint density at radius 3 is 2.20 bits per heavy atom. The molecule has 1 aliphatic carbocycles. The van der Waals surface area contributed by atoms with Crippen LogP contribution >= 0.6 is 0 Å². The smallest absolute Gasteiger partial charge is 0.262 e. The standard InChI is InChI=1S/C66H77FN12O7/c1-39(2)77-38-68-53-34-51(69-59(58(53)77)70-52-29-41(4)40(3)28-50(52)67)43-8-11-49-55(30-43)78(46-31-45(32-46)73-20-6-5-7-21-73)64(86)66(49)18-26-76(27-19-66)61(83)42-14-22-75(23-15-42)57(81)35-72-36-65(37-72)16-24-74(25-17-65)44-9-10-47-48(33-44)63(85)79(62(47)84)54-12-13-56(80)71-60(54)82/h8-11,28-30,33-34,38-39,42,45-46,54H,5-7,12-27,31-32,35-37H2,1-4H3,(H,69,70)(H,71,80,82). The molecule has 3 aromatic carbocycles. The van der Waals surface area contributed by atoms with E-state index < -0.39 is 35.1 Å². The highest BCUT2D eigenvalue weighted by molar-refractivity contribution is 6.24. The van der Waals surface area contributed by atoms with E-state index in [9.17, 15) is 28.8 Å². The summed E-state index contributed by atoms with van der Waals surface area (Å²) in [6.07, 6.45) is 11.7. The van der Waals surface area contributed by atoms with E-state index in [2.05, 4.69) is 66.8 Å². The molecule has 2 N–H and O–H groups in total. The molecule has 0 radical (unpaired) electrons. The number of nitrogens with zero attached hydrogens (tertiary/aromatic N) is 10. The predicted octanol–water partition coefficient (Wildman–Crippen LogP) is 7.64. The molecule has 7 amide bonds. The number of benzene rings is 3. The Morgan fingerprint density at radius 2 is 1.48 bits per heavy atom. The van der Waals surface area contributed by atoms with Gasteiger partial charge in [-0.2, -0.15) is 0 Å². The van der Waals surface area contributed by atoms with Gasteiger partial charge in [0.15, 0.2) is 5.82 Å². The van der Waals surface area contributed by atoms with Gasteiger partial charge >= 0.3 is 0 Å². The van der Waals surface area contributed by atoms with Crippen molar-refractivity contribution in [3.63, 3.8) is 0 Å². The molecule has 7 fully saturated rings. The molecule has 2 spiro atoms. The third-order valence-corrected chi connectivity index (χ3v) is 21.2. The molecule has 19 nitrogen and oxygen atoms in total. The fourth-order valence-electron chi connectivity index (χ4n) is 15.9. The third kappa shape index (κ3) is 9.63. The van der Waals surface area contributed by atoms with Gasteiger partial charge in [-0.05, 0) is 176 Å². The number of hydrogen-bond donors (Lipinski definition) is 2. The van der Waals surface area contributed by atoms with E-state index in [-0.39, 0.29) is 70.9 Å². The number of aromatic nitrogens is 3. The Kier molecular flexibility index (Phi) is 14.2. The van der Waals surface area contributed by atoms with Crippen molar-refractivity contribution in [2.24, 2.45) is 11.3 Å². The maximum atomic E-state index is 15.6. The van der Waals surface area contributed by atoms with Crippen LogP contribution in [0.3, 0.4) is 0 Å². The summed E-state index contributed by atoms with van der Waals surface area (Å²) in [5.41, 5.74) is 7.88. The molecule has 86 heavy (non-hydrogen) atoms. The zero-order chi connectivity index (χ0) is 59.5. The Labute approximate surface area is 500 Å². The number of fused-ring (bicyclic) bond motifs is 4.